The molecule has 174 valence electrons. The van der Waals surface area contributed by atoms with E-state index in [1.165, 1.54) is 11.8 Å². The van der Waals surface area contributed by atoms with Gasteiger partial charge >= 0.3 is 0 Å². The van der Waals surface area contributed by atoms with Gasteiger partial charge in [0.15, 0.2) is 17.1 Å². The molecule has 4 rings (SSSR count). The maximum Gasteiger partial charge on any atom is 0.231 e. The van der Waals surface area contributed by atoms with Crippen molar-refractivity contribution in [3.05, 3.63) is 58.9 Å². The van der Waals surface area contributed by atoms with Crippen LogP contribution in [0, 0.1) is 0 Å². The van der Waals surface area contributed by atoms with Crippen molar-refractivity contribution in [3.8, 4) is 17.2 Å². The second-order valence-corrected chi connectivity index (χ2v) is 8.80. The van der Waals surface area contributed by atoms with Crippen LogP contribution >= 0.6 is 23.4 Å². The van der Waals surface area contributed by atoms with Crippen LogP contribution in [0.15, 0.2) is 47.6 Å². The molecule has 10 heteroatoms. The number of thioether (sulfide) groups is 1. The third-order valence-corrected chi connectivity index (χ3v) is 6.40. The van der Waals surface area contributed by atoms with Gasteiger partial charge in [-0.1, -0.05) is 29.4 Å². The fourth-order valence-corrected chi connectivity index (χ4v) is 4.61. The maximum absolute atomic E-state index is 12.6. The molecular weight excluding hydrogens is 464 g/mol. The topological polar surface area (TPSA) is 87.5 Å². The van der Waals surface area contributed by atoms with Crippen LogP contribution in [-0.2, 0) is 11.3 Å². The molecular formula is C23H25ClN4O4S. The standard InChI is InChI=1S/C23H25ClN4O4S/c1-4-28-22(14(2)32-17-7-5-6-15(24)10-17)26-27-23(28)33-13-21(29)25-19-12-31-20-9-8-16(30-3)11-18(19)20/h5-11,14,19H,4,12-13H2,1-3H3,(H,25,29)/t14-,19-/m1/s1. The average Bonchev–Trinajstić information content (AvgIpc) is 3.41. The van der Waals surface area contributed by atoms with Gasteiger partial charge in [0.2, 0.25) is 5.91 Å². The number of amides is 1. The first-order valence-electron chi connectivity index (χ1n) is 10.6. The highest BCUT2D eigenvalue weighted by atomic mass is 35.5. The van der Waals surface area contributed by atoms with Gasteiger partial charge in [0.05, 0.1) is 18.9 Å². The zero-order valence-electron chi connectivity index (χ0n) is 18.6. The van der Waals surface area contributed by atoms with Crippen molar-refractivity contribution in [2.45, 2.75) is 37.7 Å². The van der Waals surface area contributed by atoms with Gasteiger partial charge in [0, 0.05) is 17.1 Å². The third-order valence-electron chi connectivity index (χ3n) is 5.20. The first-order chi connectivity index (χ1) is 16.0. The van der Waals surface area contributed by atoms with E-state index in [1.807, 2.05) is 48.7 Å². The number of methoxy groups -OCH3 is 1. The molecule has 0 spiro atoms. The molecule has 3 aromatic rings. The van der Waals surface area contributed by atoms with Gasteiger partial charge < -0.3 is 24.1 Å². The van der Waals surface area contributed by atoms with Crippen molar-refractivity contribution in [2.24, 2.45) is 0 Å². The van der Waals surface area contributed by atoms with Crippen molar-refractivity contribution in [1.82, 2.24) is 20.1 Å². The number of halogens is 1. The zero-order chi connectivity index (χ0) is 23.4. The molecule has 8 nitrogen and oxygen atoms in total. The van der Waals surface area contributed by atoms with Crippen LogP contribution in [0.3, 0.4) is 0 Å². The zero-order valence-corrected chi connectivity index (χ0v) is 20.2. The molecule has 0 aliphatic carbocycles. The molecule has 1 aliphatic rings. The first kappa shape index (κ1) is 23.3. The number of rotatable bonds is 9. The van der Waals surface area contributed by atoms with Crippen LogP contribution < -0.4 is 19.5 Å². The molecule has 1 aromatic heterocycles. The lowest BCUT2D eigenvalue weighted by Crippen LogP contribution is -2.30. The summed E-state index contributed by atoms with van der Waals surface area (Å²) in [6.45, 7) is 4.96. The summed E-state index contributed by atoms with van der Waals surface area (Å²) in [5.74, 6) is 2.93. The van der Waals surface area contributed by atoms with Crippen LogP contribution in [0.1, 0.15) is 37.4 Å². The van der Waals surface area contributed by atoms with Crippen LogP contribution in [0.2, 0.25) is 5.02 Å². The van der Waals surface area contributed by atoms with Crippen molar-refractivity contribution >= 4 is 29.3 Å². The maximum atomic E-state index is 12.6. The van der Waals surface area contributed by atoms with E-state index >= 15 is 0 Å². The van der Waals surface area contributed by atoms with E-state index in [-0.39, 0.29) is 23.8 Å². The van der Waals surface area contributed by atoms with E-state index in [4.69, 9.17) is 25.8 Å². The van der Waals surface area contributed by atoms with Gasteiger partial charge in [-0.15, -0.1) is 10.2 Å². The number of carbonyl (C=O) groups excluding carboxylic acids is 1. The SMILES string of the molecule is CCn1c(SCC(=O)N[C@@H]2COc3ccc(OC)cc32)nnc1[C@@H](C)Oc1cccc(Cl)c1. The van der Waals surface area contributed by atoms with E-state index in [2.05, 4.69) is 15.5 Å². The number of hydrogen-bond acceptors (Lipinski definition) is 7. The summed E-state index contributed by atoms with van der Waals surface area (Å²) >= 11 is 7.38. The van der Waals surface area contributed by atoms with Crippen molar-refractivity contribution < 1.29 is 19.0 Å². The van der Waals surface area contributed by atoms with Crippen LogP contribution in [0.4, 0.5) is 0 Å². The van der Waals surface area contributed by atoms with Gasteiger partial charge in [0.25, 0.3) is 0 Å². The Morgan fingerprint density at radius 3 is 2.91 bits per heavy atom. The number of aromatic nitrogens is 3. The number of fused-ring (bicyclic) bond motifs is 1. The van der Waals surface area contributed by atoms with E-state index in [1.54, 1.807) is 19.2 Å². The number of nitrogens with zero attached hydrogens (tertiary/aromatic N) is 3. The molecule has 2 aromatic carbocycles. The van der Waals surface area contributed by atoms with Crippen LogP contribution in [0.25, 0.3) is 0 Å². The second-order valence-electron chi connectivity index (χ2n) is 7.43. The molecule has 2 heterocycles. The summed E-state index contributed by atoms with van der Waals surface area (Å²) in [5.41, 5.74) is 0.915. The highest BCUT2D eigenvalue weighted by Gasteiger charge is 2.27. The summed E-state index contributed by atoms with van der Waals surface area (Å²) in [7, 11) is 1.61. The Morgan fingerprint density at radius 1 is 1.30 bits per heavy atom. The second kappa shape index (κ2) is 10.4. The van der Waals surface area contributed by atoms with Gasteiger partial charge in [-0.2, -0.15) is 0 Å². The van der Waals surface area contributed by atoms with E-state index in [0.29, 0.717) is 34.9 Å². The Morgan fingerprint density at radius 2 is 2.15 bits per heavy atom. The summed E-state index contributed by atoms with van der Waals surface area (Å²) in [4.78, 5) is 12.6. The Kier molecular flexibility index (Phi) is 7.29. The Labute approximate surface area is 201 Å². The van der Waals surface area contributed by atoms with Gasteiger partial charge in [0.1, 0.15) is 23.9 Å². The Hall–Kier alpha value is -2.91. The number of ether oxygens (including phenoxy) is 3. The van der Waals surface area contributed by atoms with Gasteiger partial charge in [-0.3, -0.25) is 4.79 Å². The molecule has 1 aliphatic heterocycles. The third kappa shape index (κ3) is 5.36. The predicted molar refractivity (Wildman–Crippen MR) is 126 cm³/mol. The molecule has 2 atom stereocenters. The highest BCUT2D eigenvalue weighted by molar-refractivity contribution is 7.99. The first-order valence-corrected chi connectivity index (χ1v) is 11.9. The molecule has 33 heavy (non-hydrogen) atoms. The van der Waals surface area contributed by atoms with E-state index < -0.39 is 0 Å². The minimum atomic E-state index is -0.332. The highest BCUT2D eigenvalue weighted by Crippen LogP contribution is 2.35. The Balaban J connectivity index is 1.37. The van der Waals surface area contributed by atoms with Crippen molar-refractivity contribution in [1.29, 1.82) is 0 Å². The fraction of sp³-hybridized carbons (Fsp3) is 0.348. The minimum Gasteiger partial charge on any atom is -0.497 e. The summed E-state index contributed by atoms with van der Waals surface area (Å²) in [5, 5.41) is 12.9. The molecule has 0 bridgehead atoms. The molecule has 0 fully saturated rings. The van der Waals surface area contributed by atoms with Gasteiger partial charge in [-0.25, -0.2) is 0 Å². The largest absolute Gasteiger partial charge is 0.497 e. The monoisotopic (exact) mass is 488 g/mol. The van der Waals surface area contributed by atoms with Crippen LogP contribution in [-0.4, -0.2) is 40.1 Å². The predicted octanol–water partition coefficient (Wildman–Crippen LogP) is 4.44. The average molecular weight is 489 g/mol. The number of hydrogen-bond donors (Lipinski definition) is 1. The number of carbonyl (C=O) groups is 1. The molecule has 1 N–H and O–H groups in total. The van der Waals surface area contributed by atoms with Crippen molar-refractivity contribution in [2.75, 3.05) is 19.5 Å². The quantitative estimate of drug-likeness (QED) is 0.445. The summed E-state index contributed by atoms with van der Waals surface area (Å²) in [6, 6.07) is 12.6. The molecule has 0 saturated carbocycles. The smallest absolute Gasteiger partial charge is 0.231 e. The summed E-state index contributed by atoms with van der Waals surface area (Å²) in [6.07, 6.45) is -0.332. The fourth-order valence-electron chi connectivity index (χ4n) is 3.61. The normalized spacial score (nSPS) is 15.5. The minimum absolute atomic E-state index is 0.111. The van der Waals surface area contributed by atoms with E-state index in [0.717, 1.165) is 17.1 Å². The van der Waals surface area contributed by atoms with Crippen molar-refractivity contribution in [3.63, 3.8) is 0 Å². The molecule has 0 unspecified atom stereocenters. The Bertz CT molecular complexity index is 1140. The lowest BCUT2D eigenvalue weighted by Gasteiger charge is -2.16. The lowest BCUT2D eigenvalue weighted by molar-refractivity contribution is -0.119. The molecule has 0 radical (unpaired) electrons. The molecule has 0 saturated heterocycles. The van der Waals surface area contributed by atoms with E-state index in [9.17, 15) is 4.79 Å². The van der Waals surface area contributed by atoms with Gasteiger partial charge in [-0.05, 0) is 50.2 Å². The summed E-state index contributed by atoms with van der Waals surface area (Å²) < 4.78 is 18.9. The molecule has 1 amide bonds. The number of nitrogens with one attached hydrogen (secondary N) is 1. The lowest BCUT2D eigenvalue weighted by atomic mass is 10.1. The number of benzene rings is 2. The van der Waals surface area contributed by atoms with Crippen LogP contribution in [0.5, 0.6) is 17.2 Å².